The molecule has 2 rings (SSSR count). The van der Waals surface area contributed by atoms with E-state index in [0.29, 0.717) is 6.04 Å². The molecule has 0 aromatic carbocycles. The Hall–Kier alpha value is -0.120. The average Bonchev–Trinajstić information content (AvgIpc) is 2.22. The van der Waals surface area contributed by atoms with Crippen LogP contribution in [0.4, 0.5) is 0 Å². The maximum Gasteiger partial charge on any atom is 0.0591 e. The van der Waals surface area contributed by atoms with Gasteiger partial charge in [0, 0.05) is 19.1 Å². The van der Waals surface area contributed by atoms with Gasteiger partial charge in [-0.15, -0.1) is 0 Å². The molecule has 3 heteroatoms. The molecule has 1 saturated heterocycles. The molecule has 3 nitrogen and oxygen atoms in total. The fraction of sp³-hybridized carbons (Fsp3) is 1.00. The van der Waals surface area contributed by atoms with Crippen LogP contribution in [0.25, 0.3) is 0 Å². The highest BCUT2D eigenvalue weighted by molar-refractivity contribution is 4.66. The van der Waals surface area contributed by atoms with Gasteiger partial charge in [0.15, 0.2) is 0 Å². The summed E-state index contributed by atoms with van der Waals surface area (Å²) < 4.78 is 5.01. The van der Waals surface area contributed by atoms with Crippen molar-refractivity contribution in [3.8, 4) is 0 Å². The van der Waals surface area contributed by atoms with Gasteiger partial charge in [-0.3, -0.25) is 0 Å². The molecular formula is C10H22N2O. The second-order valence-electron chi connectivity index (χ2n) is 3.76. The van der Waals surface area contributed by atoms with Crippen molar-refractivity contribution in [3.63, 3.8) is 0 Å². The summed E-state index contributed by atoms with van der Waals surface area (Å²) in [6.45, 7) is 3.83. The highest BCUT2D eigenvalue weighted by Gasteiger charge is 2.06. The minimum Gasteiger partial charge on any atom is -0.379 e. The van der Waals surface area contributed by atoms with E-state index in [1.165, 1.54) is 32.1 Å². The summed E-state index contributed by atoms with van der Waals surface area (Å²) >= 11 is 0. The lowest BCUT2D eigenvalue weighted by molar-refractivity contribution is 0.109. The normalized spacial score (nSPS) is 24.7. The van der Waals surface area contributed by atoms with E-state index in [-0.39, 0.29) is 0 Å². The number of nitrogens with one attached hydrogen (secondary N) is 1. The summed E-state index contributed by atoms with van der Waals surface area (Å²) in [5.74, 6) is 0. The van der Waals surface area contributed by atoms with Crippen molar-refractivity contribution in [3.05, 3.63) is 0 Å². The molecule has 1 aliphatic heterocycles. The molecule has 13 heavy (non-hydrogen) atoms. The summed E-state index contributed by atoms with van der Waals surface area (Å²) in [4.78, 5) is 0. The Balaban J connectivity index is 0.000000132. The third-order valence-corrected chi connectivity index (χ3v) is 2.50. The lowest BCUT2D eigenvalue weighted by Crippen LogP contribution is -2.30. The van der Waals surface area contributed by atoms with Crippen molar-refractivity contribution < 1.29 is 4.74 Å². The molecule has 0 spiro atoms. The first-order valence-corrected chi connectivity index (χ1v) is 5.43. The van der Waals surface area contributed by atoms with E-state index in [9.17, 15) is 0 Å². The second kappa shape index (κ2) is 7.30. The second-order valence-corrected chi connectivity index (χ2v) is 3.76. The number of hydrogen-bond acceptors (Lipinski definition) is 3. The van der Waals surface area contributed by atoms with Crippen molar-refractivity contribution in [1.29, 1.82) is 0 Å². The zero-order chi connectivity index (χ0) is 9.36. The first kappa shape index (κ1) is 11.0. The molecule has 0 radical (unpaired) electrons. The molecule has 0 aromatic heterocycles. The van der Waals surface area contributed by atoms with Gasteiger partial charge in [-0.05, 0) is 12.8 Å². The van der Waals surface area contributed by atoms with Gasteiger partial charge in [-0.1, -0.05) is 19.3 Å². The number of ether oxygens (including phenoxy) is 1. The highest BCUT2D eigenvalue weighted by Crippen LogP contribution is 2.14. The van der Waals surface area contributed by atoms with Crippen LogP contribution in [0.1, 0.15) is 32.1 Å². The van der Waals surface area contributed by atoms with E-state index < -0.39 is 0 Å². The average molecular weight is 186 g/mol. The SMILES string of the molecule is C1COCCN1.NC1CCCCC1. The zero-order valence-electron chi connectivity index (χ0n) is 8.43. The van der Waals surface area contributed by atoms with Gasteiger partial charge in [-0.25, -0.2) is 0 Å². The van der Waals surface area contributed by atoms with Crippen LogP contribution in [0, 0.1) is 0 Å². The van der Waals surface area contributed by atoms with Crippen LogP contribution in [-0.2, 0) is 4.74 Å². The van der Waals surface area contributed by atoms with Gasteiger partial charge in [0.25, 0.3) is 0 Å². The standard InChI is InChI=1S/C6H13N.C4H9NO/c7-6-4-2-1-3-5-6;1-3-6-4-2-5-1/h6H,1-5,7H2;5H,1-4H2. The van der Waals surface area contributed by atoms with Crippen LogP contribution in [-0.4, -0.2) is 32.3 Å². The lowest BCUT2D eigenvalue weighted by Gasteiger charge is -2.15. The summed E-state index contributed by atoms with van der Waals surface area (Å²) in [6, 6.07) is 0.536. The van der Waals surface area contributed by atoms with Crippen LogP contribution in [0.15, 0.2) is 0 Å². The topological polar surface area (TPSA) is 47.3 Å². The maximum atomic E-state index is 5.63. The van der Waals surface area contributed by atoms with E-state index in [2.05, 4.69) is 5.32 Å². The Morgan fingerprint density at radius 1 is 1.00 bits per heavy atom. The number of morpholine rings is 1. The van der Waals surface area contributed by atoms with E-state index in [0.717, 1.165) is 26.3 Å². The molecule has 2 aliphatic rings. The Labute approximate surface area is 81.0 Å². The largest absolute Gasteiger partial charge is 0.379 e. The van der Waals surface area contributed by atoms with Crippen molar-refractivity contribution in [2.75, 3.05) is 26.3 Å². The van der Waals surface area contributed by atoms with Crippen LogP contribution in [0.5, 0.6) is 0 Å². The Kier molecular flexibility index (Phi) is 6.15. The predicted molar refractivity (Wildman–Crippen MR) is 54.7 cm³/mol. The minimum atomic E-state index is 0.536. The molecule has 78 valence electrons. The van der Waals surface area contributed by atoms with Gasteiger partial charge in [0.05, 0.1) is 13.2 Å². The molecule has 0 unspecified atom stereocenters. The number of hydrogen-bond donors (Lipinski definition) is 2. The first-order valence-electron chi connectivity index (χ1n) is 5.43. The van der Waals surface area contributed by atoms with Crippen LogP contribution < -0.4 is 11.1 Å². The van der Waals surface area contributed by atoms with Gasteiger partial charge in [0.2, 0.25) is 0 Å². The van der Waals surface area contributed by atoms with E-state index in [4.69, 9.17) is 10.5 Å². The minimum absolute atomic E-state index is 0.536. The lowest BCUT2D eigenvalue weighted by atomic mass is 9.97. The number of rotatable bonds is 0. The highest BCUT2D eigenvalue weighted by atomic mass is 16.5. The smallest absolute Gasteiger partial charge is 0.0591 e. The molecule has 1 saturated carbocycles. The molecule has 3 N–H and O–H groups in total. The third-order valence-electron chi connectivity index (χ3n) is 2.50. The van der Waals surface area contributed by atoms with Crippen LogP contribution in [0.2, 0.25) is 0 Å². The molecule has 1 heterocycles. The van der Waals surface area contributed by atoms with Gasteiger partial charge in [-0.2, -0.15) is 0 Å². The Bertz CT molecular complexity index is 98.0. The Morgan fingerprint density at radius 2 is 1.62 bits per heavy atom. The fourth-order valence-electron chi connectivity index (χ4n) is 1.65. The molecule has 0 aromatic rings. The van der Waals surface area contributed by atoms with Crippen LogP contribution in [0.3, 0.4) is 0 Å². The summed E-state index contributed by atoms with van der Waals surface area (Å²) in [6.07, 6.45) is 6.66. The number of nitrogens with two attached hydrogens (primary N) is 1. The molecular weight excluding hydrogens is 164 g/mol. The monoisotopic (exact) mass is 186 g/mol. The van der Waals surface area contributed by atoms with Crippen LogP contribution >= 0.6 is 0 Å². The fourth-order valence-corrected chi connectivity index (χ4v) is 1.65. The third kappa shape index (κ3) is 6.02. The van der Waals surface area contributed by atoms with E-state index >= 15 is 0 Å². The summed E-state index contributed by atoms with van der Waals surface area (Å²) in [7, 11) is 0. The van der Waals surface area contributed by atoms with Crippen molar-refractivity contribution >= 4 is 0 Å². The molecule has 2 fully saturated rings. The van der Waals surface area contributed by atoms with E-state index in [1.54, 1.807) is 0 Å². The van der Waals surface area contributed by atoms with E-state index in [1.807, 2.05) is 0 Å². The predicted octanol–water partition coefficient (Wildman–Crippen LogP) is 0.884. The molecule has 0 bridgehead atoms. The molecule has 0 atom stereocenters. The maximum absolute atomic E-state index is 5.63. The van der Waals surface area contributed by atoms with Gasteiger partial charge in [0.1, 0.15) is 0 Å². The van der Waals surface area contributed by atoms with Gasteiger partial charge >= 0.3 is 0 Å². The summed E-state index contributed by atoms with van der Waals surface area (Å²) in [5.41, 5.74) is 5.63. The molecule has 1 aliphatic carbocycles. The van der Waals surface area contributed by atoms with Crippen molar-refractivity contribution in [2.45, 2.75) is 38.1 Å². The molecule has 0 amide bonds. The summed E-state index contributed by atoms with van der Waals surface area (Å²) in [5, 5.41) is 3.16. The quantitative estimate of drug-likeness (QED) is 0.590. The van der Waals surface area contributed by atoms with Gasteiger partial charge < -0.3 is 15.8 Å². The van der Waals surface area contributed by atoms with Crippen molar-refractivity contribution in [1.82, 2.24) is 5.32 Å². The first-order chi connectivity index (χ1) is 6.39. The zero-order valence-corrected chi connectivity index (χ0v) is 8.43. The van der Waals surface area contributed by atoms with Crippen molar-refractivity contribution in [2.24, 2.45) is 5.73 Å². The Morgan fingerprint density at radius 3 is 1.85 bits per heavy atom.